The van der Waals surface area contributed by atoms with Crippen molar-refractivity contribution in [3.8, 4) is 0 Å². The number of benzene rings is 2. The van der Waals surface area contributed by atoms with Crippen LogP contribution in [0.25, 0.3) is 0 Å². The van der Waals surface area contributed by atoms with Crippen molar-refractivity contribution in [1.82, 2.24) is 0 Å². The van der Waals surface area contributed by atoms with Gasteiger partial charge in [0.15, 0.2) is 0 Å². The summed E-state index contributed by atoms with van der Waals surface area (Å²) < 4.78 is 13.5. The van der Waals surface area contributed by atoms with Crippen LogP contribution >= 0.6 is 11.8 Å². The first-order valence-electron chi connectivity index (χ1n) is 6.67. The van der Waals surface area contributed by atoms with Crippen molar-refractivity contribution in [2.24, 2.45) is 0 Å². The molecule has 0 spiro atoms. The second-order valence-corrected chi connectivity index (χ2v) is 6.00. The molecule has 2 aromatic rings. The van der Waals surface area contributed by atoms with E-state index in [4.69, 9.17) is 0 Å². The van der Waals surface area contributed by atoms with E-state index in [1.807, 2.05) is 24.3 Å². The van der Waals surface area contributed by atoms with Crippen LogP contribution in [0.3, 0.4) is 0 Å². The summed E-state index contributed by atoms with van der Waals surface area (Å²) in [6.07, 6.45) is 0. The van der Waals surface area contributed by atoms with E-state index >= 15 is 0 Å². The van der Waals surface area contributed by atoms with Crippen molar-refractivity contribution in [2.45, 2.75) is 18.4 Å². The molecule has 1 aliphatic rings. The summed E-state index contributed by atoms with van der Waals surface area (Å²) in [5, 5.41) is 6.10. The van der Waals surface area contributed by atoms with Crippen LogP contribution in [0, 0.1) is 12.7 Å². The highest BCUT2D eigenvalue weighted by Gasteiger charge is 2.15. The zero-order valence-electron chi connectivity index (χ0n) is 11.6. The number of carbonyl (C=O) groups is 1. The number of thioether (sulfide) groups is 1. The Hall–Kier alpha value is -2.01. The summed E-state index contributed by atoms with van der Waals surface area (Å²) in [7, 11) is 0. The van der Waals surface area contributed by atoms with Crippen LogP contribution in [-0.2, 0) is 11.3 Å². The lowest BCUT2D eigenvalue weighted by Gasteiger charge is -2.17. The average molecular weight is 302 g/mol. The fourth-order valence-corrected chi connectivity index (χ4v) is 2.93. The van der Waals surface area contributed by atoms with Crippen molar-refractivity contribution in [3.05, 3.63) is 53.3 Å². The largest absolute Gasteiger partial charge is 0.381 e. The molecule has 0 bridgehead atoms. The molecule has 0 unspecified atom stereocenters. The molecule has 0 radical (unpaired) electrons. The molecule has 0 aromatic heterocycles. The van der Waals surface area contributed by atoms with E-state index in [9.17, 15) is 9.18 Å². The molecule has 108 valence electrons. The lowest BCUT2D eigenvalue weighted by molar-refractivity contribution is -0.113. The molecule has 21 heavy (non-hydrogen) atoms. The Labute approximate surface area is 126 Å². The predicted octanol–water partition coefficient (Wildman–Crippen LogP) is 3.79. The summed E-state index contributed by atoms with van der Waals surface area (Å²) in [5.74, 6) is 0.288. The highest BCUT2D eigenvalue weighted by molar-refractivity contribution is 8.00. The van der Waals surface area contributed by atoms with Crippen LogP contribution in [0.1, 0.15) is 11.1 Å². The molecule has 0 fully saturated rings. The van der Waals surface area contributed by atoms with Crippen LogP contribution in [0.15, 0.2) is 41.3 Å². The molecule has 0 saturated heterocycles. The normalized spacial score (nSPS) is 13.5. The molecule has 1 heterocycles. The second-order valence-electron chi connectivity index (χ2n) is 4.98. The number of fused-ring (bicyclic) bond motifs is 1. The first kappa shape index (κ1) is 13.9. The maximum atomic E-state index is 13.5. The Morgan fingerprint density at radius 3 is 2.95 bits per heavy atom. The predicted molar refractivity (Wildman–Crippen MR) is 84.3 cm³/mol. The number of hydrogen-bond acceptors (Lipinski definition) is 3. The molecule has 1 aliphatic heterocycles. The number of aryl methyl sites for hydroxylation is 1. The molecule has 2 aromatic carbocycles. The summed E-state index contributed by atoms with van der Waals surface area (Å²) in [6.45, 7) is 2.29. The summed E-state index contributed by atoms with van der Waals surface area (Å²) >= 11 is 1.53. The summed E-state index contributed by atoms with van der Waals surface area (Å²) in [6, 6.07) is 11.1. The number of carbonyl (C=O) groups excluding carboxylic acids is 1. The molecule has 0 aliphatic carbocycles. The van der Waals surface area contributed by atoms with Gasteiger partial charge in [0.1, 0.15) is 5.82 Å². The van der Waals surface area contributed by atoms with Crippen LogP contribution in [0.4, 0.5) is 15.8 Å². The smallest absolute Gasteiger partial charge is 0.234 e. The molecule has 2 N–H and O–H groups in total. The second kappa shape index (κ2) is 5.77. The lowest BCUT2D eigenvalue weighted by Crippen LogP contribution is -2.18. The average Bonchev–Trinajstić information content (AvgIpc) is 2.48. The first-order valence-corrected chi connectivity index (χ1v) is 7.66. The Morgan fingerprint density at radius 1 is 1.29 bits per heavy atom. The van der Waals surface area contributed by atoms with Gasteiger partial charge in [0.05, 0.1) is 11.4 Å². The van der Waals surface area contributed by atoms with Crippen LogP contribution in [-0.4, -0.2) is 11.7 Å². The summed E-state index contributed by atoms with van der Waals surface area (Å²) in [4.78, 5) is 12.5. The van der Waals surface area contributed by atoms with E-state index in [1.165, 1.54) is 11.8 Å². The third kappa shape index (κ3) is 3.19. The van der Waals surface area contributed by atoms with Gasteiger partial charge < -0.3 is 10.6 Å². The van der Waals surface area contributed by atoms with Crippen LogP contribution in [0.5, 0.6) is 0 Å². The fraction of sp³-hybridized carbons (Fsp3) is 0.188. The standard InChI is InChI=1S/C16H15FN2OS/c1-10-2-3-11(6-13(10)17)8-18-12-4-5-15-14(7-12)19-16(20)9-21-15/h2-7,18H,8-9H2,1H3,(H,19,20). The molecule has 3 rings (SSSR count). The highest BCUT2D eigenvalue weighted by Crippen LogP contribution is 2.33. The summed E-state index contributed by atoms with van der Waals surface area (Å²) in [5.41, 5.74) is 3.26. The molecule has 0 atom stereocenters. The van der Waals surface area contributed by atoms with Gasteiger partial charge in [0.2, 0.25) is 5.91 Å². The van der Waals surface area contributed by atoms with Gasteiger partial charge in [-0.1, -0.05) is 12.1 Å². The monoisotopic (exact) mass is 302 g/mol. The molecule has 3 nitrogen and oxygen atoms in total. The highest BCUT2D eigenvalue weighted by atomic mass is 32.2. The maximum absolute atomic E-state index is 13.5. The van der Waals surface area contributed by atoms with E-state index in [-0.39, 0.29) is 11.7 Å². The van der Waals surface area contributed by atoms with Gasteiger partial charge >= 0.3 is 0 Å². The maximum Gasteiger partial charge on any atom is 0.234 e. The van der Waals surface area contributed by atoms with Crippen LogP contribution in [0.2, 0.25) is 0 Å². The van der Waals surface area contributed by atoms with Gasteiger partial charge in [0.25, 0.3) is 0 Å². The van der Waals surface area contributed by atoms with E-state index in [0.29, 0.717) is 17.9 Å². The van der Waals surface area contributed by atoms with E-state index in [1.54, 1.807) is 19.1 Å². The Kier molecular flexibility index (Phi) is 3.84. The molecule has 5 heteroatoms. The minimum absolute atomic E-state index is 0.0188. The van der Waals surface area contributed by atoms with Gasteiger partial charge in [-0.2, -0.15) is 0 Å². The van der Waals surface area contributed by atoms with E-state index in [2.05, 4.69) is 10.6 Å². The third-order valence-corrected chi connectivity index (χ3v) is 4.42. The molecular weight excluding hydrogens is 287 g/mol. The Balaban J connectivity index is 1.72. The van der Waals surface area contributed by atoms with Gasteiger partial charge in [-0.3, -0.25) is 4.79 Å². The van der Waals surface area contributed by atoms with Crippen molar-refractivity contribution in [3.63, 3.8) is 0 Å². The van der Waals surface area contributed by atoms with Crippen molar-refractivity contribution in [1.29, 1.82) is 0 Å². The van der Waals surface area contributed by atoms with Gasteiger partial charge in [-0.25, -0.2) is 4.39 Å². The van der Waals surface area contributed by atoms with Gasteiger partial charge in [0, 0.05) is 17.1 Å². The molecular formula is C16H15FN2OS. The number of halogens is 1. The number of amides is 1. The van der Waals surface area contributed by atoms with E-state index in [0.717, 1.165) is 21.8 Å². The number of nitrogens with one attached hydrogen (secondary N) is 2. The molecule has 1 amide bonds. The van der Waals surface area contributed by atoms with Gasteiger partial charge in [-0.05, 0) is 42.3 Å². The topological polar surface area (TPSA) is 41.1 Å². The lowest BCUT2D eigenvalue weighted by atomic mass is 10.1. The van der Waals surface area contributed by atoms with Crippen molar-refractivity contribution < 1.29 is 9.18 Å². The quantitative estimate of drug-likeness (QED) is 0.906. The minimum atomic E-state index is -0.191. The number of anilines is 2. The Bertz CT molecular complexity index is 703. The number of rotatable bonds is 3. The van der Waals surface area contributed by atoms with Crippen LogP contribution < -0.4 is 10.6 Å². The first-order chi connectivity index (χ1) is 10.1. The SMILES string of the molecule is Cc1ccc(CNc2ccc3c(c2)NC(=O)CS3)cc1F. The molecule has 0 saturated carbocycles. The van der Waals surface area contributed by atoms with Gasteiger partial charge in [-0.15, -0.1) is 11.8 Å². The van der Waals surface area contributed by atoms with Crippen molar-refractivity contribution >= 4 is 29.0 Å². The Morgan fingerprint density at radius 2 is 2.14 bits per heavy atom. The number of hydrogen-bond donors (Lipinski definition) is 2. The fourth-order valence-electron chi connectivity index (χ4n) is 2.14. The zero-order valence-corrected chi connectivity index (χ0v) is 12.4. The minimum Gasteiger partial charge on any atom is -0.381 e. The van der Waals surface area contributed by atoms with Crippen molar-refractivity contribution in [2.75, 3.05) is 16.4 Å². The third-order valence-electron chi connectivity index (χ3n) is 3.35. The zero-order chi connectivity index (χ0) is 14.8. The van der Waals surface area contributed by atoms with E-state index < -0.39 is 0 Å².